The van der Waals surface area contributed by atoms with Gasteiger partial charge in [0.15, 0.2) is 0 Å². The van der Waals surface area contributed by atoms with Crippen LogP contribution in [0.4, 0.5) is 0 Å². The van der Waals surface area contributed by atoms with Gasteiger partial charge in [-0.3, -0.25) is 0 Å². The fraction of sp³-hybridized carbons (Fsp3) is 0.571. The molecule has 2 rings (SSSR count). The van der Waals surface area contributed by atoms with Crippen LogP contribution in [0.2, 0.25) is 0 Å². The highest BCUT2D eigenvalue weighted by Gasteiger charge is 2.25. The van der Waals surface area contributed by atoms with Gasteiger partial charge < -0.3 is 5.11 Å². The molecule has 0 bridgehead atoms. The summed E-state index contributed by atoms with van der Waals surface area (Å²) in [5, 5.41) is 9.06. The summed E-state index contributed by atoms with van der Waals surface area (Å²) in [6, 6.07) is 4.82. The minimum Gasteiger partial charge on any atom is -0.392 e. The maximum atomic E-state index is 12.4. The average molecular weight is 362 g/mol. The largest absolute Gasteiger partial charge is 0.392 e. The van der Waals surface area contributed by atoms with E-state index < -0.39 is 10.0 Å². The van der Waals surface area contributed by atoms with Gasteiger partial charge in [0.1, 0.15) is 0 Å². The highest BCUT2D eigenvalue weighted by Crippen LogP contribution is 2.27. The second-order valence-electron chi connectivity index (χ2n) is 5.51. The number of benzene rings is 1. The topological polar surface area (TPSA) is 66.4 Å². The summed E-state index contributed by atoms with van der Waals surface area (Å²) in [6.07, 6.45) is 4.04. The van der Waals surface area contributed by atoms with Crippen LogP contribution in [0.3, 0.4) is 0 Å². The Morgan fingerprint density at radius 2 is 2.15 bits per heavy atom. The first kappa shape index (κ1) is 15.9. The van der Waals surface area contributed by atoms with Gasteiger partial charge in [0.25, 0.3) is 0 Å². The molecular weight excluding hydrogens is 342 g/mol. The molecule has 1 saturated carbocycles. The maximum Gasteiger partial charge on any atom is 0.241 e. The Hall–Kier alpha value is -0.430. The summed E-state index contributed by atoms with van der Waals surface area (Å²) < 4.78 is 28.1. The molecule has 0 amide bonds. The summed E-state index contributed by atoms with van der Waals surface area (Å²) in [4.78, 5) is 0.230. The third-order valence-electron chi connectivity index (χ3n) is 3.73. The third-order valence-corrected chi connectivity index (χ3v) is 6.22. The van der Waals surface area contributed by atoms with E-state index in [0.717, 1.165) is 19.3 Å². The van der Waals surface area contributed by atoms with E-state index >= 15 is 0 Å². The molecule has 1 aromatic rings. The minimum atomic E-state index is -3.52. The van der Waals surface area contributed by atoms with Gasteiger partial charge >= 0.3 is 0 Å². The van der Waals surface area contributed by atoms with Crippen molar-refractivity contribution in [2.75, 3.05) is 0 Å². The minimum absolute atomic E-state index is 0.0215. The number of hydrogen-bond acceptors (Lipinski definition) is 3. The molecule has 1 aromatic carbocycles. The standard InChI is InChI=1S/C14H20BrNO3S/c1-10-3-2-4-12(7-10)16-20(18,19)14-6-5-11(9-17)8-13(14)15/h5-6,8,10,12,16-17H,2-4,7,9H2,1H3. The molecule has 1 aliphatic rings. The summed E-state index contributed by atoms with van der Waals surface area (Å²) in [5.41, 5.74) is 0.683. The first-order chi connectivity index (χ1) is 9.42. The maximum absolute atomic E-state index is 12.4. The Bertz CT molecular complexity index is 574. The van der Waals surface area contributed by atoms with Crippen molar-refractivity contribution in [2.45, 2.75) is 50.2 Å². The van der Waals surface area contributed by atoms with Crippen molar-refractivity contribution in [3.8, 4) is 0 Å². The molecule has 1 aliphatic carbocycles. The lowest BCUT2D eigenvalue weighted by atomic mass is 9.88. The Labute approximate surface area is 128 Å². The molecule has 0 aliphatic heterocycles. The van der Waals surface area contributed by atoms with Crippen molar-refractivity contribution >= 4 is 26.0 Å². The van der Waals surface area contributed by atoms with Crippen molar-refractivity contribution in [1.29, 1.82) is 0 Å². The van der Waals surface area contributed by atoms with Crippen LogP contribution in [-0.4, -0.2) is 19.6 Å². The van der Waals surface area contributed by atoms with Gasteiger partial charge in [0, 0.05) is 10.5 Å². The highest BCUT2D eigenvalue weighted by molar-refractivity contribution is 9.10. The van der Waals surface area contributed by atoms with Crippen molar-refractivity contribution in [1.82, 2.24) is 4.72 Å². The van der Waals surface area contributed by atoms with Crippen molar-refractivity contribution in [2.24, 2.45) is 5.92 Å². The second kappa shape index (κ2) is 6.56. The SMILES string of the molecule is CC1CCCC(NS(=O)(=O)c2ccc(CO)cc2Br)C1. The Balaban J connectivity index is 2.17. The first-order valence-corrected chi connectivity index (χ1v) is 9.11. The molecule has 1 fully saturated rings. The molecule has 20 heavy (non-hydrogen) atoms. The Morgan fingerprint density at radius 3 is 2.75 bits per heavy atom. The normalized spacial score (nSPS) is 23.8. The van der Waals surface area contributed by atoms with Crippen LogP contribution in [0.25, 0.3) is 0 Å². The van der Waals surface area contributed by atoms with E-state index in [4.69, 9.17) is 5.11 Å². The zero-order valence-electron chi connectivity index (χ0n) is 11.5. The van der Waals surface area contributed by atoms with Crippen LogP contribution in [0.5, 0.6) is 0 Å². The fourth-order valence-electron chi connectivity index (χ4n) is 2.68. The zero-order valence-corrected chi connectivity index (χ0v) is 13.9. The van der Waals surface area contributed by atoms with Gasteiger partial charge in [-0.1, -0.05) is 25.8 Å². The van der Waals surface area contributed by atoms with Gasteiger partial charge in [-0.15, -0.1) is 0 Å². The summed E-state index contributed by atoms with van der Waals surface area (Å²) in [7, 11) is -3.52. The lowest BCUT2D eigenvalue weighted by Crippen LogP contribution is -2.38. The third kappa shape index (κ3) is 3.81. The number of aliphatic hydroxyl groups excluding tert-OH is 1. The van der Waals surface area contributed by atoms with Crippen LogP contribution in [-0.2, 0) is 16.6 Å². The van der Waals surface area contributed by atoms with E-state index in [1.807, 2.05) is 0 Å². The second-order valence-corrected chi connectivity index (χ2v) is 8.05. The number of aliphatic hydroxyl groups is 1. The molecule has 6 heteroatoms. The summed E-state index contributed by atoms with van der Waals surface area (Å²) in [5.74, 6) is 0.566. The van der Waals surface area contributed by atoms with E-state index in [9.17, 15) is 8.42 Å². The smallest absolute Gasteiger partial charge is 0.241 e. The van der Waals surface area contributed by atoms with Gasteiger partial charge in [-0.05, 0) is 52.4 Å². The molecule has 2 unspecified atom stereocenters. The van der Waals surface area contributed by atoms with Gasteiger partial charge in [-0.2, -0.15) is 0 Å². The lowest BCUT2D eigenvalue weighted by Gasteiger charge is -2.27. The molecule has 4 nitrogen and oxygen atoms in total. The predicted molar refractivity (Wildman–Crippen MR) is 81.8 cm³/mol. The molecule has 0 heterocycles. The van der Waals surface area contributed by atoms with Crippen molar-refractivity contribution < 1.29 is 13.5 Å². The zero-order chi connectivity index (χ0) is 14.8. The molecular formula is C14H20BrNO3S. The van der Waals surface area contributed by atoms with Crippen LogP contribution < -0.4 is 4.72 Å². The number of hydrogen-bond donors (Lipinski definition) is 2. The van der Waals surface area contributed by atoms with Crippen LogP contribution >= 0.6 is 15.9 Å². The fourth-order valence-corrected chi connectivity index (χ4v) is 5.09. The quantitative estimate of drug-likeness (QED) is 0.866. The average Bonchev–Trinajstić information content (AvgIpc) is 2.37. The number of sulfonamides is 1. The van der Waals surface area contributed by atoms with E-state index in [1.165, 1.54) is 12.5 Å². The van der Waals surface area contributed by atoms with Gasteiger partial charge in [0.05, 0.1) is 11.5 Å². The summed E-state index contributed by atoms with van der Waals surface area (Å²) >= 11 is 3.27. The molecule has 0 saturated heterocycles. The van der Waals surface area contributed by atoms with E-state index in [0.29, 0.717) is 16.0 Å². The summed E-state index contributed by atoms with van der Waals surface area (Å²) in [6.45, 7) is 2.05. The van der Waals surface area contributed by atoms with Crippen molar-refractivity contribution in [3.05, 3.63) is 28.2 Å². The monoisotopic (exact) mass is 361 g/mol. The van der Waals surface area contributed by atoms with E-state index in [-0.39, 0.29) is 17.5 Å². The molecule has 0 spiro atoms. The van der Waals surface area contributed by atoms with Crippen LogP contribution in [0.1, 0.15) is 38.2 Å². The van der Waals surface area contributed by atoms with Crippen molar-refractivity contribution in [3.63, 3.8) is 0 Å². The van der Waals surface area contributed by atoms with Gasteiger partial charge in [-0.25, -0.2) is 13.1 Å². The van der Waals surface area contributed by atoms with Crippen LogP contribution in [0.15, 0.2) is 27.6 Å². The molecule has 2 N–H and O–H groups in total. The van der Waals surface area contributed by atoms with E-state index in [2.05, 4.69) is 27.6 Å². The molecule has 2 atom stereocenters. The first-order valence-electron chi connectivity index (χ1n) is 6.84. The molecule has 112 valence electrons. The molecule has 0 aromatic heterocycles. The van der Waals surface area contributed by atoms with E-state index in [1.54, 1.807) is 12.1 Å². The van der Waals surface area contributed by atoms with Gasteiger partial charge in [0.2, 0.25) is 10.0 Å². The predicted octanol–water partition coefficient (Wildman–Crippen LogP) is 2.80. The Kier molecular flexibility index (Phi) is 5.23. The number of nitrogens with one attached hydrogen (secondary N) is 1. The molecule has 0 radical (unpaired) electrons. The highest BCUT2D eigenvalue weighted by atomic mass is 79.9. The van der Waals surface area contributed by atoms with Crippen LogP contribution in [0, 0.1) is 5.92 Å². The number of rotatable bonds is 4. The lowest BCUT2D eigenvalue weighted by molar-refractivity contribution is 0.281. The Morgan fingerprint density at radius 1 is 1.40 bits per heavy atom. The number of halogens is 1.